The Morgan fingerprint density at radius 1 is 1.21 bits per heavy atom. The van der Waals surface area contributed by atoms with Crippen LogP contribution in [0.2, 0.25) is 0 Å². The number of nitrogens with one attached hydrogen (secondary N) is 1. The molecule has 122 valence electrons. The number of aryl methyl sites for hydroxylation is 1. The number of hydrogen-bond acceptors (Lipinski definition) is 7. The SMILES string of the molecule is COc1cc(-c2ncc(C)cn2)cc2c(NCC(=O)O)ncnc12. The smallest absolute Gasteiger partial charge is 0.322 e. The van der Waals surface area contributed by atoms with Crippen LogP contribution in [0.4, 0.5) is 5.82 Å². The Labute approximate surface area is 137 Å². The summed E-state index contributed by atoms with van der Waals surface area (Å²) in [5.41, 5.74) is 2.27. The van der Waals surface area contributed by atoms with E-state index in [0.29, 0.717) is 28.3 Å². The molecule has 0 aliphatic carbocycles. The highest BCUT2D eigenvalue weighted by molar-refractivity contribution is 5.96. The minimum absolute atomic E-state index is 0.250. The minimum Gasteiger partial charge on any atom is -0.494 e. The van der Waals surface area contributed by atoms with Crippen molar-refractivity contribution in [3.05, 3.63) is 36.4 Å². The number of hydrogen-bond donors (Lipinski definition) is 2. The van der Waals surface area contributed by atoms with Gasteiger partial charge >= 0.3 is 5.97 Å². The van der Waals surface area contributed by atoms with Gasteiger partial charge in [-0.15, -0.1) is 0 Å². The molecule has 2 heterocycles. The molecule has 0 unspecified atom stereocenters. The van der Waals surface area contributed by atoms with E-state index in [2.05, 4.69) is 25.3 Å². The second kappa shape index (κ2) is 6.45. The molecule has 2 aromatic heterocycles. The highest BCUT2D eigenvalue weighted by Crippen LogP contribution is 2.32. The molecule has 24 heavy (non-hydrogen) atoms. The number of rotatable bonds is 5. The average Bonchev–Trinajstić information content (AvgIpc) is 2.59. The number of aromatic nitrogens is 4. The van der Waals surface area contributed by atoms with Crippen molar-refractivity contribution < 1.29 is 14.6 Å². The van der Waals surface area contributed by atoms with Crippen LogP contribution >= 0.6 is 0 Å². The Balaban J connectivity index is 2.16. The van der Waals surface area contributed by atoms with Gasteiger partial charge in [0.1, 0.15) is 30.0 Å². The summed E-state index contributed by atoms with van der Waals surface area (Å²) in [6, 6.07) is 3.60. The van der Waals surface area contributed by atoms with E-state index in [1.807, 2.05) is 13.0 Å². The van der Waals surface area contributed by atoms with Crippen molar-refractivity contribution in [1.82, 2.24) is 19.9 Å². The molecule has 0 atom stereocenters. The molecule has 8 nitrogen and oxygen atoms in total. The van der Waals surface area contributed by atoms with Crippen molar-refractivity contribution in [2.24, 2.45) is 0 Å². The molecule has 1 aromatic carbocycles. The van der Waals surface area contributed by atoms with Crippen LogP contribution in [0.3, 0.4) is 0 Å². The third-order valence-electron chi connectivity index (χ3n) is 3.37. The van der Waals surface area contributed by atoms with E-state index in [-0.39, 0.29) is 6.54 Å². The fourth-order valence-corrected chi connectivity index (χ4v) is 2.26. The standard InChI is InChI=1S/C16H15N5O3/c1-9-5-17-15(18-6-9)10-3-11-14(12(4-10)24-2)20-8-21-16(11)19-7-13(22)23/h3-6,8H,7H2,1-2H3,(H,22,23)(H,19,20,21). The Bertz CT molecular complexity index is 896. The van der Waals surface area contributed by atoms with Crippen LogP contribution in [0.5, 0.6) is 5.75 Å². The molecule has 0 fully saturated rings. The first-order valence-corrected chi connectivity index (χ1v) is 7.16. The average molecular weight is 325 g/mol. The maximum atomic E-state index is 10.8. The molecule has 0 radical (unpaired) electrons. The Kier molecular flexibility index (Phi) is 4.19. The van der Waals surface area contributed by atoms with E-state index in [1.165, 1.54) is 6.33 Å². The molecule has 0 saturated heterocycles. The Hall–Kier alpha value is -3.29. The monoisotopic (exact) mass is 325 g/mol. The summed E-state index contributed by atoms with van der Waals surface area (Å²) in [5.74, 6) is 0.502. The lowest BCUT2D eigenvalue weighted by Gasteiger charge is -2.11. The Morgan fingerprint density at radius 3 is 2.62 bits per heavy atom. The van der Waals surface area contributed by atoms with Gasteiger partial charge in [-0.25, -0.2) is 19.9 Å². The van der Waals surface area contributed by atoms with Crippen molar-refractivity contribution >= 4 is 22.7 Å². The van der Waals surface area contributed by atoms with Crippen molar-refractivity contribution in [3.63, 3.8) is 0 Å². The molecule has 0 spiro atoms. The zero-order valence-electron chi connectivity index (χ0n) is 13.1. The lowest BCUT2D eigenvalue weighted by atomic mass is 10.1. The van der Waals surface area contributed by atoms with Gasteiger partial charge in [0, 0.05) is 23.3 Å². The number of benzene rings is 1. The zero-order valence-corrected chi connectivity index (χ0v) is 13.1. The van der Waals surface area contributed by atoms with Gasteiger partial charge in [-0.05, 0) is 24.6 Å². The van der Waals surface area contributed by atoms with Crippen LogP contribution in [0, 0.1) is 6.92 Å². The van der Waals surface area contributed by atoms with E-state index in [9.17, 15) is 4.79 Å². The lowest BCUT2D eigenvalue weighted by Crippen LogP contribution is -2.13. The van der Waals surface area contributed by atoms with E-state index in [1.54, 1.807) is 25.6 Å². The molecule has 0 aliphatic heterocycles. The van der Waals surface area contributed by atoms with Crippen molar-refractivity contribution in [3.8, 4) is 17.1 Å². The molecule has 3 rings (SSSR count). The van der Waals surface area contributed by atoms with Crippen LogP contribution in [-0.4, -0.2) is 44.7 Å². The molecule has 3 aromatic rings. The number of methoxy groups -OCH3 is 1. The molecule has 2 N–H and O–H groups in total. The first-order chi connectivity index (χ1) is 11.6. The quantitative estimate of drug-likeness (QED) is 0.732. The Morgan fingerprint density at radius 2 is 1.96 bits per heavy atom. The maximum Gasteiger partial charge on any atom is 0.322 e. The largest absolute Gasteiger partial charge is 0.494 e. The van der Waals surface area contributed by atoms with Gasteiger partial charge in [0.05, 0.1) is 7.11 Å². The third-order valence-corrected chi connectivity index (χ3v) is 3.37. The first kappa shape index (κ1) is 15.6. The van der Waals surface area contributed by atoms with Gasteiger partial charge in [-0.1, -0.05) is 0 Å². The number of anilines is 1. The molecular weight excluding hydrogens is 310 g/mol. The minimum atomic E-state index is -0.980. The van der Waals surface area contributed by atoms with Gasteiger partial charge in [0.2, 0.25) is 0 Å². The predicted molar refractivity (Wildman–Crippen MR) is 88.0 cm³/mol. The number of aliphatic carboxylic acids is 1. The highest BCUT2D eigenvalue weighted by Gasteiger charge is 2.13. The topological polar surface area (TPSA) is 110 Å². The fraction of sp³-hybridized carbons (Fsp3) is 0.188. The summed E-state index contributed by atoms with van der Waals surface area (Å²) in [5, 5.41) is 12.3. The highest BCUT2D eigenvalue weighted by atomic mass is 16.5. The van der Waals surface area contributed by atoms with Crippen LogP contribution in [0.1, 0.15) is 5.56 Å². The number of nitrogens with zero attached hydrogens (tertiary/aromatic N) is 4. The number of carboxylic acids is 1. The third kappa shape index (κ3) is 3.07. The van der Waals surface area contributed by atoms with Crippen LogP contribution in [0.15, 0.2) is 30.9 Å². The van der Waals surface area contributed by atoms with E-state index in [4.69, 9.17) is 9.84 Å². The van der Waals surface area contributed by atoms with E-state index >= 15 is 0 Å². The number of ether oxygens (including phenoxy) is 1. The van der Waals surface area contributed by atoms with Crippen LogP contribution in [0.25, 0.3) is 22.3 Å². The van der Waals surface area contributed by atoms with E-state index < -0.39 is 5.97 Å². The summed E-state index contributed by atoms with van der Waals surface area (Å²) in [7, 11) is 1.54. The van der Waals surface area contributed by atoms with Crippen LogP contribution < -0.4 is 10.1 Å². The first-order valence-electron chi connectivity index (χ1n) is 7.16. The number of carbonyl (C=O) groups is 1. The summed E-state index contributed by atoms with van der Waals surface area (Å²) in [4.78, 5) is 27.8. The molecule has 0 amide bonds. The van der Waals surface area contributed by atoms with E-state index in [0.717, 1.165) is 11.1 Å². The zero-order chi connectivity index (χ0) is 17.1. The van der Waals surface area contributed by atoms with Crippen molar-refractivity contribution in [2.75, 3.05) is 19.0 Å². The van der Waals surface area contributed by atoms with Crippen molar-refractivity contribution in [1.29, 1.82) is 0 Å². The summed E-state index contributed by atoms with van der Waals surface area (Å²) >= 11 is 0. The van der Waals surface area contributed by atoms with Gasteiger partial charge < -0.3 is 15.2 Å². The predicted octanol–water partition coefficient (Wildman–Crippen LogP) is 1.90. The molecule has 0 saturated carbocycles. The van der Waals surface area contributed by atoms with Crippen LogP contribution in [-0.2, 0) is 4.79 Å². The summed E-state index contributed by atoms with van der Waals surface area (Å²) < 4.78 is 5.40. The van der Waals surface area contributed by atoms with Gasteiger partial charge in [-0.2, -0.15) is 0 Å². The van der Waals surface area contributed by atoms with Gasteiger partial charge in [-0.3, -0.25) is 4.79 Å². The number of fused-ring (bicyclic) bond motifs is 1. The number of carboxylic acid groups (broad SMARTS) is 1. The summed E-state index contributed by atoms with van der Waals surface area (Å²) in [6.45, 7) is 1.66. The van der Waals surface area contributed by atoms with Crippen molar-refractivity contribution in [2.45, 2.75) is 6.92 Å². The summed E-state index contributed by atoms with van der Waals surface area (Å²) in [6.07, 6.45) is 4.81. The lowest BCUT2D eigenvalue weighted by molar-refractivity contribution is -0.134. The molecule has 0 aliphatic rings. The van der Waals surface area contributed by atoms with Gasteiger partial charge in [0.15, 0.2) is 5.82 Å². The fourth-order valence-electron chi connectivity index (χ4n) is 2.26. The molecule has 0 bridgehead atoms. The van der Waals surface area contributed by atoms with Gasteiger partial charge in [0.25, 0.3) is 0 Å². The second-order valence-corrected chi connectivity index (χ2v) is 5.13. The second-order valence-electron chi connectivity index (χ2n) is 5.13. The molecular formula is C16H15N5O3. The maximum absolute atomic E-state index is 10.8. The normalized spacial score (nSPS) is 10.6. The molecule has 8 heteroatoms.